The lowest BCUT2D eigenvalue weighted by molar-refractivity contribution is -0.157. The van der Waals surface area contributed by atoms with Crippen LogP contribution >= 0.6 is 0 Å². The molecule has 8 nitrogen and oxygen atoms in total. The van der Waals surface area contributed by atoms with Gasteiger partial charge in [-0.2, -0.15) is 0 Å². The monoisotopic (exact) mass is 505 g/mol. The minimum absolute atomic E-state index is 0.00891. The van der Waals surface area contributed by atoms with Gasteiger partial charge in [0.05, 0.1) is 44.5 Å². The summed E-state index contributed by atoms with van der Waals surface area (Å²) in [4.78, 5) is 23.9. The molecule has 3 aliphatic rings. The molecule has 3 heterocycles. The Bertz CT molecular complexity index is 860. The number of carbonyl (C=O) groups is 2. The highest BCUT2D eigenvalue weighted by molar-refractivity contribution is 5.87. The number of hydrogen-bond donors (Lipinski definition) is 2. The Morgan fingerprint density at radius 2 is 1.94 bits per heavy atom. The highest BCUT2D eigenvalue weighted by Crippen LogP contribution is 2.43. The molecule has 1 amide bonds. The van der Waals surface area contributed by atoms with E-state index in [-0.39, 0.29) is 42.7 Å². The number of methoxy groups -OCH3 is 1. The third-order valence-corrected chi connectivity index (χ3v) is 7.31. The summed E-state index contributed by atoms with van der Waals surface area (Å²) in [5.41, 5.74) is 0.408. The van der Waals surface area contributed by atoms with E-state index < -0.39 is 17.8 Å². The summed E-state index contributed by atoms with van der Waals surface area (Å²) in [6.45, 7) is 10.7. The Morgan fingerprint density at radius 1 is 1.22 bits per heavy atom. The van der Waals surface area contributed by atoms with Crippen LogP contribution in [0.5, 0.6) is 0 Å². The molecule has 0 saturated carbocycles. The van der Waals surface area contributed by atoms with E-state index in [9.17, 15) is 14.7 Å². The number of aliphatic hydroxyl groups excluding tert-OH is 1. The molecule has 3 rings (SSSR count). The average Bonchev–Trinajstić information content (AvgIpc) is 3.60. The van der Waals surface area contributed by atoms with Gasteiger partial charge >= 0.3 is 5.97 Å². The molecule has 3 saturated heterocycles. The van der Waals surface area contributed by atoms with Crippen LogP contribution in [0, 0.1) is 11.8 Å². The lowest BCUT2D eigenvalue weighted by Gasteiger charge is -2.39. The zero-order chi connectivity index (χ0) is 26.5. The van der Waals surface area contributed by atoms with E-state index in [2.05, 4.69) is 18.3 Å². The van der Waals surface area contributed by atoms with E-state index in [1.165, 1.54) is 7.11 Å². The second-order valence-corrected chi connectivity index (χ2v) is 10.9. The first-order valence-electron chi connectivity index (χ1n) is 13.1. The Morgan fingerprint density at radius 3 is 2.58 bits per heavy atom. The van der Waals surface area contributed by atoms with Gasteiger partial charge in [0.25, 0.3) is 0 Å². The maximum Gasteiger partial charge on any atom is 0.308 e. The molecular weight excluding hydrogens is 462 g/mol. The van der Waals surface area contributed by atoms with Crippen molar-refractivity contribution in [1.82, 2.24) is 5.32 Å². The Hall–Kier alpha value is -2.00. The second kappa shape index (κ2) is 12.5. The molecule has 1 spiro atoms. The van der Waals surface area contributed by atoms with Gasteiger partial charge < -0.3 is 29.4 Å². The molecule has 8 heteroatoms. The molecular formula is C28H43NO7. The first-order chi connectivity index (χ1) is 17.0. The lowest BCUT2D eigenvalue weighted by Crippen LogP contribution is -2.50. The average molecular weight is 506 g/mol. The van der Waals surface area contributed by atoms with Crippen molar-refractivity contribution in [2.45, 2.75) is 102 Å². The summed E-state index contributed by atoms with van der Waals surface area (Å²) >= 11 is 0. The SMILES string of the molecule is COC(=O)C[C@@H]1C[C@@]2(CO2)[C@H](O)[C@@H](/C=C/C(C)=C\C[C@@H]2O[C@H](C)[C@H](NC(=O)/C=C\C(C)C)C[C@H]2C)O1. The van der Waals surface area contributed by atoms with E-state index >= 15 is 0 Å². The number of rotatable bonds is 9. The fraction of sp³-hybridized carbons (Fsp3) is 0.714. The van der Waals surface area contributed by atoms with Crippen molar-refractivity contribution in [3.63, 3.8) is 0 Å². The maximum absolute atomic E-state index is 12.2. The predicted octanol–water partition coefficient (Wildman–Crippen LogP) is 3.24. The quantitative estimate of drug-likeness (QED) is 0.214. The lowest BCUT2D eigenvalue weighted by atomic mass is 9.87. The van der Waals surface area contributed by atoms with Crippen LogP contribution in [-0.4, -0.2) is 72.9 Å². The van der Waals surface area contributed by atoms with Crippen LogP contribution < -0.4 is 5.32 Å². The van der Waals surface area contributed by atoms with Crippen LogP contribution in [0.3, 0.4) is 0 Å². The molecule has 36 heavy (non-hydrogen) atoms. The largest absolute Gasteiger partial charge is 0.469 e. The van der Waals surface area contributed by atoms with Gasteiger partial charge in [0.2, 0.25) is 5.91 Å². The van der Waals surface area contributed by atoms with Crippen molar-refractivity contribution in [3.05, 3.63) is 36.0 Å². The molecule has 2 N–H and O–H groups in total. The van der Waals surface area contributed by atoms with Crippen LogP contribution in [0.15, 0.2) is 36.0 Å². The van der Waals surface area contributed by atoms with Gasteiger partial charge in [0.1, 0.15) is 17.8 Å². The molecule has 202 valence electrons. The molecule has 0 aromatic rings. The highest BCUT2D eigenvalue weighted by atomic mass is 16.6. The molecule has 0 aromatic heterocycles. The van der Waals surface area contributed by atoms with E-state index in [0.29, 0.717) is 24.9 Å². The molecule has 8 atom stereocenters. The van der Waals surface area contributed by atoms with Gasteiger partial charge in [0.15, 0.2) is 0 Å². The summed E-state index contributed by atoms with van der Waals surface area (Å²) in [6.07, 6.45) is 9.94. The Balaban J connectivity index is 1.52. The molecule has 3 fully saturated rings. The number of ether oxygens (including phenoxy) is 4. The number of carbonyl (C=O) groups excluding carboxylic acids is 2. The van der Waals surface area contributed by atoms with Gasteiger partial charge in [-0.05, 0) is 44.6 Å². The number of hydrogen-bond acceptors (Lipinski definition) is 7. The van der Waals surface area contributed by atoms with Crippen LogP contribution in [0.25, 0.3) is 0 Å². The van der Waals surface area contributed by atoms with E-state index in [1.54, 1.807) is 6.08 Å². The van der Waals surface area contributed by atoms with Gasteiger partial charge in [-0.15, -0.1) is 0 Å². The predicted molar refractivity (Wildman–Crippen MR) is 136 cm³/mol. The minimum Gasteiger partial charge on any atom is -0.469 e. The van der Waals surface area contributed by atoms with Gasteiger partial charge in [-0.3, -0.25) is 9.59 Å². The fourth-order valence-electron chi connectivity index (χ4n) is 4.91. The van der Waals surface area contributed by atoms with Gasteiger partial charge in [-0.1, -0.05) is 50.6 Å². The second-order valence-electron chi connectivity index (χ2n) is 10.9. The van der Waals surface area contributed by atoms with Crippen molar-refractivity contribution in [1.29, 1.82) is 0 Å². The zero-order valence-electron chi connectivity index (χ0n) is 22.4. The third kappa shape index (κ3) is 7.75. The van der Waals surface area contributed by atoms with Gasteiger partial charge in [-0.25, -0.2) is 0 Å². The number of esters is 1. The topological polar surface area (TPSA) is 107 Å². The van der Waals surface area contributed by atoms with Crippen molar-refractivity contribution < 1.29 is 33.6 Å². The third-order valence-electron chi connectivity index (χ3n) is 7.31. The highest BCUT2D eigenvalue weighted by Gasteiger charge is 2.58. The van der Waals surface area contributed by atoms with Crippen LogP contribution in [-0.2, 0) is 28.5 Å². The van der Waals surface area contributed by atoms with Gasteiger partial charge in [0, 0.05) is 6.42 Å². The number of aliphatic hydroxyl groups is 1. The van der Waals surface area contributed by atoms with E-state index in [0.717, 1.165) is 18.4 Å². The van der Waals surface area contributed by atoms with E-state index in [1.807, 2.05) is 45.9 Å². The fourth-order valence-corrected chi connectivity index (χ4v) is 4.91. The Kier molecular flexibility index (Phi) is 9.92. The van der Waals surface area contributed by atoms with Crippen molar-refractivity contribution in [2.75, 3.05) is 13.7 Å². The summed E-state index contributed by atoms with van der Waals surface area (Å²) in [7, 11) is 1.36. The molecule has 0 aromatic carbocycles. The molecule has 3 aliphatic heterocycles. The van der Waals surface area contributed by atoms with Crippen molar-refractivity contribution >= 4 is 11.9 Å². The Labute approximate surface area is 215 Å². The summed E-state index contributed by atoms with van der Waals surface area (Å²) < 4.78 is 22.6. The maximum atomic E-state index is 12.2. The first-order valence-corrected chi connectivity index (χ1v) is 13.1. The van der Waals surface area contributed by atoms with Crippen molar-refractivity contribution in [2.24, 2.45) is 11.8 Å². The number of nitrogens with one attached hydrogen (secondary N) is 1. The minimum atomic E-state index is -0.777. The number of amides is 1. The molecule has 0 radical (unpaired) electrons. The summed E-state index contributed by atoms with van der Waals surface area (Å²) in [5, 5.41) is 13.8. The van der Waals surface area contributed by atoms with E-state index in [4.69, 9.17) is 18.9 Å². The summed E-state index contributed by atoms with van der Waals surface area (Å²) in [5.74, 6) is 0.217. The normalized spacial score (nSPS) is 37.1. The van der Waals surface area contributed by atoms with Crippen LogP contribution in [0.4, 0.5) is 0 Å². The van der Waals surface area contributed by atoms with Crippen LogP contribution in [0.2, 0.25) is 0 Å². The molecule has 0 unspecified atom stereocenters. The zero-order valence-corrected chi connectivity index (χ0v) is 22.4. The van der Waals surface area contributed by atoms with Crippen molar-refractivity contribution in [3.8, 4) is 0 Å². The number of allylic oxidation sites excluding steroid dienone is 3. The first kappa shape index (κ1) is 28.6. The smallest absolute Gasteiger partial charge is 0.308 e. The number of epoxide rings is 1. The standard InChI is InChI=1S/C28H43NO7/c1-17(2)7-12-25(30)29-22-13-19(4)23(35-20(22)5)10-8-18(3)9-11-24-27(32)28(16-34-28)15-21(36-24)14-26(31)33-6/h7-9,11-12,17,19-24,27,32H,10,13-16H2,1-6H3,(H,29,30)/b11-9+,12-7-,18-8-/t19-,20-,21-,22-,23+,24-,27-,28-/m1/s1. The summed E-state index contributed by atoms with van der Waals surface area (Å²) in [6, 6.07) is -0.00891. The van der Waals surface area contributed by atoms with Crippen LogP contribution in [0.1, 0.15) is 60.3 Å². The molecule has 0 aliphatic carbocycles. The molecule has 0 bridgehead atoms.